The van der Waals surface area contributed by atoms with E-state index < -0.39 is 16.9 Å². The molecule has 5 nitrogen and oxygen atoms in total. The van der Waals surface area contributed by atoms with Crippen molar-refractivity contribution >= 4 is 34.0 Å². The summed E-state index contributed by atoms with van der Waals surface area (Å²) in [4.78, 5) is 32.0. The molecule has 0 aliphatic heterocycles. The summed E-state index contributed by atoms with van der Waals surface area (Å²) in [5.41, 5.74) is 0.671. The summed E-state index contributed by atoms with van der Waals surface area (Å²) in [6, 6.07) is 4.10. The largest absolute Gasteiger partial charge is 0.479 e. The Hall–Kier alpha value is -1.53. The van der Waals surface area contributed by atoms with Crippen LogP contribution in [0.1, 0.15) is 39.3 Å². The SMILES string of the molecule is CC(=O)C(Br)c1cc(C=O)ccc1C(O)C(=O)O. The lowest BCUT2D eigenvalue weighted by Gasteiger charge is -2.15. The van der Waals surface area contributed by atoms with Gasteiger partial charge in [-0.2, -0.15) is 0 Å². The highest BCUT2D eigenvalue weighted by atomic mass is 79.9. The van der Waals surface area contributed by atoms with Crippen molar-refractivity contribution in [1.29, 1.82) is 0 Å². The molecule has 1 aromatic rings. The molecule has 0 aliphatic carbocycles. The second kappa shape index (κ2) is 5.88. The van der Waals surface area contributed by atoms with E-state index >= 15 is 0 Å². The molecule has 0 saturated carbocycles. The average molecular weight is 315 g/mol. The van der Waals surface area contributed by atoms with Crippen LogP contribution in [0.2, 0.25) is 0 Å². The molecule has 0 fully saturated rings. The molecule has 0 amide bonds. The van der Waals surface area contributed by atoms with Gasteiger partial charge < -0.3 is 10.2 Å². The summed E-state index contributed by atoms with van der Waals surface area (Å²) in [5.74, 6) is -1.67. The average Bonchev–Trinajstić information content (AvgIpc) is 2.35. The van der Waals surface area contributed by atoms with Gasteiger partial charge in [0.25, 0.3) is 0 Å². The van der Waals surface area contributed by atoms with E-state index in [0.29, 0.717) is 11.8 Å². The van der Waals surface area contributed by atoms with E-state index in [-0.39, 0.29) is 16.9 Å². The van der Waals surface area contributed by atoms with E-state index in [4.69, 9.17) is 5.11 Å². The lowest BCUT2D eigenvalue weighted by molar-refractivity contribution is -0.147. The minimum absolute atomic E-state index is 0.0881. The Morgan fingerprint density at radius 3 is 2.39 bits per heavy atom. The van der Waals surface area contributed by atoms with Gasteiger partial charge in [-0.15, -0.1) is 0 Å². The Morgan fingerprint density at radius 1 is 1.33 bits per heavy atom. The first kappa shape index (κ1) is 14.5. The van der Waals surface area contributed by atoms with Crippen molar-refractivity contribution in [3.8, 4) is 0 Å². The van der Waals surface area contributed by atoms with Gasteiger partial charge in [0.05, 0.1) is 4.83 Å². The molecule has 18 heavy (non-hydrogen) atoms. The van der Waals surface area contributed by atoms with E-state index in [0.717, 1.165) is 0 Å². The zero-order valence-corrected chi connectivity index (χ0v) is 11.0. The van der Waals surface area contributed by atoms with Crippen LogP contribution in [-0.2, 0) is 9.59 Å². The standard InChI is InChI=1S/C12H11BrO5/c1-6(15)10(13)9-4-7(5-14)2-3-8(9)11(16)12(17)18/h2-5,10-11,16H,1H3,(H,17,18). The summed E-state index contributed by atoms with van der Waals surface area (Å²) in [7, 11) is 0. The number of aliphatic hydroxyl groups is 1. The summed E-state index contributed by atoms with van der Waals surface area (Å²) >= 11 is 3.11. The molecule has 0 aliphatic rings. The Labute approximate surface area is 112 Å². The van der Waals surface area contributed by atoms with E-state index in [2.05, 4.69) is 15.9 Å². The topological polar surface area (TPSA) is 91.7 Å². The van der Waals surface area contributed by atoms with Crippen LogP contribution in [0.3, 0.4) is 0 Å². The number of halogens is 1. The predicted molar refractivity (Wildman–Crippen MR) is 66.8 cm³/mol. The van der Waals surface area contributed by atoms with Crippen LogP contribution in [0.25, 0.3) is 0 Å². The van der Waals surface area contributed by atoms with Gasteiger partial charge in [-0.3, -0.25) is 9.59 Å². The molecule has 0 saturated heterocycles. The number of alkyl halides is 1. The molecule has 1 aromatic carbocycles. The summed E-state index contributed by atoms with van der Waals surface area (Å²) < 4.78 is 0. The lowest BCUT2D eigenvalue weighted by Crippen LogP contribution is -2.15. The van der Waals surface area contributed by atoms with Crippen molar-refractivity contribution in [3.05, 3.63) is 34.9 Å². The number of carboxylic acid groups (broad SMARTS) is 1. The van der Waals surface area contributed by atoms with Crippen LogP contribution in [0.15, 0.2) is 18.2 Å². The summed E-state index contributed by atoms with van der Waals surface area (Å²) in [5, 5.41) is 18.3. The maximum Gasteiger partial charge on any atom is 0.337 e. The van der Waals surface area contributed by atoms with Crippen molar-refractivity contribution in [2.24, 2.45) is 0 Å². The number of aliphatic carboxylic acids is 1. The minimum atomic E-state index is -1.74. The molecular weight excluding hydrogens is 304 g/mol. The van der Waals surface area contributed by atoms with Gasteiger partial charge in [-0.1, -0.05) is 28.1 Å². The Bertz CT molecular complexity index is 497. The molecule has 0 aromatic heterocycles. The highest BCUT2D eigenvalue weighted by molar-refractivity contribution is 9.09. The zero-order valence-electron chi connectivity index (χ0n) is 9.46. The highest BCUT2D eigenvalue weighted by Gasteiger charge is 2.24. The van der Waals surface area contributed by atoms with Crippen LogP contribution in [-0.4, -0.2) is 28.3 Å². The van der Waals surface area contributed by atoms with Crippen LogP contribution in [0.5, 0.6) is 0 Å². The zero-order chi connectivity index (χ0) is 13.9. The number of aliphatic hydroxyl groups excluding tert-OH is 1. The number of aldehydes is 1. The van der Waals surface area contributed by atoms with Gasteiger partial charge in [0.2, 0.25) is 0 Å². The lowest BCUT2D eigenvalue weighted by atomic mass is 9.96. The number of hydrogen-bond acceptors (Lipinski definition) is 4. The van der Waals surface area contributed by atoms with Gasteiger partial charge in [-0.25, -0.2) is 4.79 Å². The number of carbonyl (C=O) groups is 3. The third-order valence-electron chi connectivity index (χ3n) is 2.41. The molecule has 0 spiro atoms. The number of ketones is 1. The maximum absolute atomic E-state index is 11.3. The van der Waals surface area contributed by atoms with E-state index in [9.17, 15) is 19.5 Å². The van der Waals surface area contributed by atoms with E-state index in [1.807, 2.05) is 0 Å². The van der Waals surface area contributed by atoms with Crippen molar-refractivity contribution in [2.45, 2.75) is 17.9 Å². The monoisotopic (exact) mass is 314 g/mol. The quantitative estimate of drug-likeness (QED) is 0.637. The molecular formula is C12H11BrO5. The molecule has 2 unspecified atom stereocenters. The van der Waals surface area contributed by atoms with Crippen LogP contribution in [0, 0.1) is 0 Å². The number of rotatable bonds is 5. The number of Topliss-reactive ketones (excluding diaryl/α,β-unsaturated/α-hetero) is 1. The Balaban J connectivity index is 3.37. The van der Waals surface area contributed by atoms with Crippen LogP contribution < -0.4 is 0 Å². The minimum Gasteiger partial charge on any atom is -0.479 e. The van der Waals surface area contributed by atoms with Crippen LogP contribution >= 0.6 is 15.9 Å². The van der Waals surface area contributed by atoms with Gasteiger partial charge in [-0.05, 0) is 24.1 Å². The summed E-state index contributed by atoms with van der Waals surface area (Å²) in [6.45, 7) is 1.32. The molecule has 0 radical (unpaired) electrons. The van der Waals surface area contributed by atoms with Crippen LogP contribution in [0.4, 0.5) is 0 Å². The van der Waals surface area contributed by atoms with E-state index in [1.165, 1.54) is 25.1 Å². The fourth-order valence-electron chi connectivity index (χ4n) is 1.49. The molecule has 6 heteroatoms. The predicted octanol–water partition coefficient (Wildman–Crippen LogP) is 1.64. The molecule has 0 heterocycles. The first-order valence-corrected chi connectivity index (χ1v) is 5.94. The molecule has 0 bridgehead atoms. The van der Waals surface area contributed by atoms with Gasteiger partial charge >= 0.3 is 5.97 Å². The third kappa shape index (κ3) is 3.02. The van der Waals surface area contributed by atoms with E-state index in [1.54, 1.807) is 0 Å². The summed E-state index contributed by atoms with van der Waals surface area (Å²) in [6.07, 6.45) is -1.15. The number of carbonyl (C=O) groups excluding carboxylic acids is 2. The second-order valence-electron chi connectivity index (χ2n) is 3.72. The molecule has 2 N–H and O–H groups in total. The maximum atomic E-state index is 11.3. The van der Waals surface area contributed by atoms with Crippen molar-refractivity contribution < 1.29 is 24.6 Å². The number of hydrogen-bond donors (Lipinski definition) is 2. The van der Waals surface area contributed by atoms with Gasteiger partial charge in [0.15, 0.2) is 6.10 Å². The van der Waals surface area contributed by atoms with Crippen molar-refractivity contribution in [1.82, 2.24) is 0 Å². The molecule has 96 valence electrons. The normalized spacial score (nSPS) is 13.7. The first-order chi connectivity index (χ1) is 8.38. The number of benzene rings is 1. The van der Waals surface area contributed by atoms with Gasteiger partial charge in [0, 0.05) is 5.56 Å². The fraction of sp³-hybridized carbons (Fsp3) is 0.250. The first-order valence-electron chi connectivity index (χ1n) is 5.03. The Kier molecular flexibility index (Phi) is 4.75. The van der Waals surface area contributed by atoms with Crippen molar-refractivity contribution in [2.75, 3.05) is 0 Å². The highest BCUT2D eigenvalue weighted by Crippen LogP contribution is 2.31. The third-order valence-corrected chi connectivity index (χ3v) is 3.54. The molecule has 1 rings (SSSR count). The second-order valence-corrected chi connectivity index (χ2v) is 4.64. The number of carboxylic acids is 1. The Morgan fingerprint density at radius 2 is 1.94 bits per heavy atom. The van der Waals surface area contributed by atoms with Crippen molar-refractivity contribution in [3.63, 3.8) is 0 Å². The smallest absolute Gasteiger partial charge is 0.337 e. The van der Waals surface area contributed by atoms with Gasteiger partial charge in [0.1, 0.15) is 12.1 Å². The fourth-order valence-corrected chi connectivity index (χ4v) is 1.88. The molecule has 2 atom stereocenters.